The van der Waals surface area contributed by atoms with Crippen molar-refractivity contribution in [2.75, 3.05) is 13.1 Å². The van der Waals surface area contributed by atoms with Crippen LogP contribution < -0.4 is 16.6 Å². The van der Waals surface area contributed by atoms with E-state index in [4.69, 9.17) is 5.73 Å². The summed E-state index contributed by atoms with van der Waals surface area (Å²) < 4.78 is 0. The summed E-state index contributed by atoms with van der Waals surface area (Å²) in [6.07, 6.45) is 4.90. The predicted molar refractivity (Wildman–Crippen MR) is 57.6 cm³/mol. The van der Waals surface area contributed by atoms with Crippen LogP contribution in [0.25, 0.3) is 0 Å². The monoisotopic (exact) mass is 207 g/mol. The van der Waals surface area contributed by atoms with Gasteiger partial charge in [-0.15, -0.1) is 0 Å². The Morgan fingerprint density at radius 3 is 2.87 bits per heavy atom. The van der Waals surface area contributed by atoms with Gasteiger partial charge in [0.2, 0.25) is 5.56 Å². The minimum Gasteiger partial charge on any atom is -0.349 e. The molecule has 0 saturated carbocycles. The van der Waals surface area contributed by atoms with E-state index in [9.17, 15) is 9.59 Å². The van der Waals surface area contributed by atoms with Crippen LogP contribution in [0.15, 0.2) is 35.3 Å². The highest BCUT2D eigenvalue weighted by Gasteiger charge is 2.02. The summed E-state index contributed by atoms with van der Waals surface area (Å²) in [6, 6.07) is 2.78. The molecule has 0 aliphatic rings. The van der Waals surface area contributed by atoms with Gasteiger partial charge >= 0.3 is 0 Å². The topological polar surface area (TPSA) is 88.0 Å². The molecule has 1 rings (SSSR count). The summed E-state index contributed by atoms with van der Waals surface area (Å²) in [7, 11) is 0. The molecule has 1 aromatic rings. The highest BCUT2D eigenvalue weighted by atomic mass is 16.1. The number of aromatic nitrogens is 1. The molecule has 1 amide bonds. The molecule has 1 aromatic heterocycles. The first-order chi connectivity index (χ1) is 7.24. The molecule has 0 aromatic carbocycles. The van der Waals surface area contributed by atoms with E-state index in [2.05, 4.69) is 10.3 Å². The van der Waals surface area contributed by atoms with Gasteiger partial charge in [0.05, 0.1) is 5.56 Å². The number of aromatic amines is 1. The first kappa shape index (κ1) is 11.2. The van der Waals surface area contributed by atoms with Crippen molar-refractivity contribution in [3.05, 3.63) is 46.4 Å². The lowest BCUT2D eigenvalue weighted by Crippen LogP contribution is -2.24. The number of H-pyrrole nitrogens is 1. The number of nitrogens with one attached hydrogen (secondary N) is 2. The lowest BCUT2D eigenvalue weighted by molar-refractivity contribution is 0.0957. The van der Waals surface area contributed by atoms with Crippen molar-refractivity contribution in [2.45, 2.75) is 0 Å². The molecule has 0 saturated heterocycles. The van der Waals surface area contributed by atoms with Crippen LogP contribution in [0, 0.1) is 0 Å². The highest BCUT2D eigenvalue weighted by molar-refractivity contribution is 5.93. The van der Waals surface area contributed by atoms with E-state index < -0.39 is 0 Å². The van der Waals surface area contributed by atoms with E-state index in [1.165, 1.54) is 18.3 Å². The fraction of sp³-hybridized carbons (Fsp3) is 0.200. The SMILES string of the molecule is NC/C=C/CNC(=O)c1ccc(=O)[nH]c1. The average Bonchev–Trinajstić information content (AvgIpc) is 2.25. The van der Waals surface area contributed by atoms with Crippen LogP contribution in [-0.4, -0.2) is 24.0 Å². The number of amides is 1. The van der Waals surface area contributed by atoms with E-state index >= 15 is 0 Å². The van der Waals surface area contributed by atoms with Crippen molar-refractivity contribution in [3.63, 3.8) is 0 Å². The van der Waals surface area contributed by atoms with Gasteiger partial charge in [-0.05, 0) is 6.07 Å². The van der Waals surface area contributed by atoms with Gasteiger partial charge in [-0.25, -0.2) is 0 Å². The molecule has 4 N–H and O–H groups in total. The first-order valence-corrected chi connectivity index (χ1v) is 4.56. The van der Waals surface area contributed by atoms with Gasteiger partial charge in [0.1, 0.15) is 0 Å². The number of rotatable bonds is 4. The summed E-state index contributed by atoms with van der Waals surface area (Å²) in [6.45, 7) is 0.879. The number of hydrogen-bond acceptors (Lipinski definition) is 3. The molecule has 5 heteroatoms. The van der Waals surface area contributed by atoms with Gasteiger partial charge in [0.15, 0.2) is 0 Å². The van der Waals surface area contributed by atoms with Gasteiger partial charge in [0, 0.05) is 25.4 Å². The van der Waals surface area contributed by atoms with E-state index in [0.717, 1.165) is 0 Å². The Bertz CT molecular complexity index is 389. The van der Waals surface area contributed by atoms with Gasteiger partial charge in [-0.3, -0.25) is 9.59 Å². The fourth-order valence-corrected chi connectivity index (χ4v) is 0.985. The van der Waals surface area contributed by atoms with Crippen LogP contribution in [0.5, 0.6) is 0 Å². The summed E-state index contributed by atoms with van der Waals surface area (Å²) in [4.78, 5) is 24.6. The van der Waals surface area contributed by atoms with E-state index in [0.29, 0.717) is 18.7 Å². The lowest BCUT2D eigenvalue weighted by Gasteiger charge is -2.00. The zero-order chi connectivity index (χ0) is 11.1. The molecule has 0 aliphatic carbocycles. The van der Waals surface area contributed by atoms with E-state index in [1.54, 1.807) is 12.2 Å². The summed E-state index contributed by atoms with van der Waals surface area (Å²) in [5, 5.41) is 2.65. The zero-order valence-electron chi connectivity index (χ0n) is 8.19. The molecule has 80 valence electrons. The van der Waals surface area contributed by atoms with Crippen molar-refractivity contribution in [1.82, 2.24) is 10.3 Å². The predicted octanol–water partition coefficient (Wildman–Crippen LogP) is -0.380. The normalized spacial score (nSPS) is 10.5. The third kappa shape index (κ3) is 3.78. The number of pyridine rings is 1. The van der Waals surface area contributed by atoms with Crippen LogP contribution in [-0.2, 0) is 0 Å². The van der Waals surface area contributed by atoms with Crippen molar-refractivity contribution in [3.8, 4) is 0 Å². The largest absolute Gasteiger partial charge is 0.349 e. The molecule has 0 fully saturated rings. The minimum absolute atomic E-state index is 0.227. The summed E-state index contributed by atoms with van der Waals surface area (Å²) in [5.41, 5.74) is 5.43. The zero-order valence-corrected chi connectivity index (χ0v) is 8.19. The van der Waals surface area contributed by atoms with Crippen molar-refractivity contribution in [2.24, 2.45) is 5.73 Å². The second-order valence-corrected chi connectivity index (χ2v) is 2.86. The maximum absolute atomic E-state index is 11.4. The molecular weight excluding hydrogens is 194 g/mol. The number of carbonyl (C=O) groups is 1. The Hall–Kier alpha value is -1.88. The number of carbonyl (C=O) groups excluding carboxylic acids is 1. The summed E-state index contributed by atoms with van der Waals surface area (Å²) in [5.74, 6) is -0.229. The van der Waals surface area contributed by atoms with Gasteiger partial charge < -0.3 is 16.0 Å². The molecule has 0 aliphatic heterocycles. The van der Waals surface area contributed by atoms with Crippen LogP contribution in [0.2, 0.25) is 0 Å². The molecule has 5 nitrogen and oxygen atoms in total. The Kier molecular flexibility index (Phi) is 4.30. The molecule has 0 bridgehead atoms. The average molecular weight is 207 g/mol. The maximum Gasteiger partial charge on any atom is 0.253 e. The molecule has 1 heterocycles. The molecule has 15 heavy (non-hydrogen) atoms. The third-order valence-electron chi connectivity index (χ3n) is 1.73. The third-order valence-corrected chi connectivity index (χ3v) is 1.73. The summed E-state index contributed by atoms with van der Waals surface area (Å²) >= 11 is 0. The second-order valence-electron chi connectivity index (χ2n) is 2.86. The number of nitrogens with two attached hydrogens (primary N) is 1. The molecule has 0 spiro atoms. The van der Waals surface area contributed by atoms with Crippen LogP contribution in [0.3, 0.4) is 0 Å². The second kappa shape index (κ2) is 5.77. The standard InChI is InChI=1S/C10H13N3O2/c11-5-1-2-6-12-10(15)8-3-4-9(14)13-7-8/h1-4,7H,5-6,11H2,(H,12,15)(H,13,14)/b2-1+. The molecule has 0 radical (unpaired) electrons. The Morgan fingerprint density at radius 1 is 1.47 bits per heavy atom. The van der Waals surface area contributed by atoms with Gasteiger partial charge in [-0.2, -0.15) is 0 Å². The lowest BCUT2D eigenvalue weighted by atomic mass is 10.2. The molecule has 0 unspecified atom stereocenters. The Labute approximate surface area is 87.0 Å². The van der Waals surface area contributed by atoms with Crippen LogP contribution >= 0.6 is 0 Å². The smallest absolute Gasteiger partial charge is 0.253 e. The van der Waals surface area contributed by atoms with Crippen molar-refractivity contribution >= 4 is 5.91 Å². The minimum atomic E-state index is -0.229. The van der Waals surface area contributed by atoms with Gasteiger partial charge in [-0.1, -0.05) is 12.2 Å². The molecular formula is C10H13N3O2. The highest BCUT2D eigenvalue weighted by Crippen LogP contribution is 1.91. The first-order valence-electron chi connectivity index (χ1n) is 4.56. The Balaban J connectivity index is 2.50. The van der Waals surface area contributed by atoms with E-state index in [1.807, 2.05) is 0 Å². The van der Waals surface area contributed by atoms with Gasteiger partial charge in [0.25, 0.3) is 5.91 Å². The van der Waals surface area contributed by atoms with Crippen molar-refractivity contribution in [1.29, 1.82) is 0 Å². The maximum atomic E-state index is 11.4. The van der Waals surface area contributed by atoms with Crippen LogP contribution in [0.1, 0.15) is 10.4 Å². The van der Waals surface area contributed by atoms with Crippen LogP contribution in [0.4, 0.5) is 0 Å². The van der Waals surface area contributed by atoms with E-state index in [-0.39, 0.29) is 11.5 Å². The van der Waals surface area contributed by atoms with Crippen molar-refractivity contribution < 1.29 is 4.79 Å². The fourth-order valence-electron chi connectivity index (χ4n) is 0.985. The quantitative estimate of drug-likeness (QED) is 0.588. The molecule has 0 atom stereocenters. The number of hydrogen-bond donors (Lipinski definition) is 3. The Morgan fingerprint density at radius 2 is 2.27 bits per heavy atom.